The Labute approximate surface area is 193 Å². The number of allylic oxidation sites excluding steroid dienone is 4. The summed E-state index contributed by atoms with van der Waals surface area (Å²) >= 11 is 2.78. The molecule has 28 heavy (non-hydrogen) atoms. The standard InChI is InChI=1S/C22H32I2N3O/c1-4-17-12-20(27(26-17)18-6-5-7-19(13-18)28-3)15-8-10-16(11-9-15)21-14(2)24-22(23)25-21/h5,7,12-13,15-18,22,25-26H,4,6,8-11H2,1-3H3/q-1. The van der Waals surface area contributed by atoms with E-state index in [9.17, 15) is 0 Å². The van der Waals surface area contributed by atoms with Gasteiger partial charge in [-0.15, -0.1) is 0 Å². The molecule has 0 bridgehead atoms. The van der Waals surface area contributed by atoms with E-state index in [1.807, 2.05) is 0 Å². The first kappa shape index (κ1) is 21.0. The maximum atomic E-state index is 5.49. The van der Waals surface area contributed by atoms with Crippen LogP contribution in [0.1, 0.15) is 52.4 Å². The Kier molecular flexibility index (Phi) is 6.97. The molecule has 156 valence electrons. The van der Waals surface area contributed by atoms with Crippen LogP contribution in [-0.2, 0) is 4.74 Å². The zero-order valence-corrected chi connectivity index (χ0v) is 21.4. The van der Waals surface area contributed by atoms with Gasteiger partial charge in [0.2, 0.25) is 0 Å². The number of nitrogens with zero attached hydrogens (tertiary/aromatic N) is 1. The van der Waals surface area contributed by atoms with Gasteiger partial charge in [0.05, 0.1) is 7.11 Å². The zero-order valence-electron chi connectivity index (χ0n) is 17.1. The molecule has 0 radical (unpaired) electrons. The van der Waals surface area contributed by atoms with E-state index in [1.165, 1.54) is 31.4 Å². The van der Waals surface area contributed by atoms with Crippen molar-refractivity contribution in [3.63, 3.8) is 0 Å². The summed E-state index contributed by atoms with van der Waals surface area (Å²) in [6.07, 6.45) is 16.5. The Balaban J connectivity index is 1.44. The number of hydrazine groups is 1. The monoisotopic (exact) mass is 608 g/mol. The van der Waals surface area contributed by atoms with Crippen molar-refractivity contribution in [2.45, 2.75) is 66.5 Å². The molecule has 0 aromatic carbocycles. The van der Waals surface area contributed by atoms with E-state index in [4.69, 9.17) is 4.74 Å². The van der Waals surface area contributed by atoms with E-state index < -0.39 is 0 Å². The second-order valence-corrected chi connectivity index (χ2v) is 15.2. The molecular formula is C22H32I2N3O-. The number of hydrogen-bond acceptors (Lipinski definition) is 4. The Hall–Kier alpha value is -0.220. The average molecular weight is 608 g/mol. The molecule has 0 spiro atoms. The van der Waals surface area contributed by atoms with Crippen LogP contribution in [0.5, 0.6) is 0 Å². The van der Waals surface area contributed by atoms with Crippen molar-refractivity contribution in [1.82, 2.24) is 15.8 Å². The first-order valence-corrected chi connectivity index (χ1v) is 14.1. The van der Waals surface area contributed by atoms with Gasteiger partial charge in [0, 0.05) is 0 Å². The Morgan fingerprint density at radius 3 is 2.61 bits per heavy atom. The molecule has 3 unspecified atom stereocenters. The Bertz CT molecular complexity index is 707. The molecule has 6 heteroatoms. The van der Waals surface area contributed by atoms with Crippen molar-refractivity contribution < 1.29 is 25.9 Å². The summed E-state index contributed by atoms with van der Waals surface area (Å²) in [5.74, 6) is 2.42. The van der Waals surface area contributed by atoms with E-state index in [0.717, 1.165) is 24.5 Å². The van der Waals surface area contributed by atoms with Gasteiger partial charge < -0.3 is 0 Å². The maximum absolute atomic E-state index is 5.49. The van der Waals surface area contributed by atoms with Crippen LogP contribution < -0.4 is 31.9 Å². The van der Waals surface area contributed by atoms with Gasteiger partial charge in [0.1, 0.15) is 0 Å². The van der Waals surface area contributed by atoms with Crippen LogP contribution in [0.4, 0.5) is 0 Å². The number of alkyl halides is 2. The molecule has 0 aromatic rings. The van der Waals surface area contributed by atoms with Crippen LogP contribution in [0.25, 0.3) is 0 Å². The molecule has 1 fully saturated rings. The molecule has 2 heterocycles. The molecule has 2 aliphatic heterocycles. The van der Waals surface area contributed by atoms with Crippen molar-refractivity contribution in [3.8, 4) is 0 Å². The van der Waals surface area contributed by atoms with Gasteiger partial charge in [0.15, 0.2) is 0 Å². The van der Waals surface area contributed by atoms with Crippen LogP contribution in [0.3, 0.4) is 0 Å². The fourth-order valence-electron chi connectivity index (χ4n) is 4.88. The molecule has 3 atom stereocenters. The van der Waals surface area contributed by atoms with Crippen LogP contribution in [0, 0.1) is 11.8 Å². The van der Waals surface area contributed by atoms with Crippen molar-refractivity contribution in [2.75, 3.05) is 7.11 Å². The van der Waals surface area contributed by atoms with Gasteiger partial charge in [-0.2, -0.15) is 0 Å². The van der Waals surface area contributed by atoms with E-state index >= 15 is 0 Å². The van der Waals surface area contributed by atoms with Gasteiger partial charge in [-0.25, -0.2) is 0 Å². The number of rotatable bonds is 5. The molecule has 0 amide bonds. The van der Waals surface area contributed by atoms with Crippen molar-refractivity contribution >= 4 is 22.6 Å². The fourth-order valence-corrected chi connectivity index (χ4v) is 9.83. The first-order valence-electron chi connectivity index (χ1n) is 10.5. The van der Waals surface area contributed by atoms with Gasteiger partial charge in [0.25, 0.3) is 0 Å². The number of hydrogen-bond donors (Lipinski definition) is 2. The van der Waals surface area contributed by atoms with E-state index in [2.05, 4.69) is 76.5 Å². The minimum atomic E-state index is 0.198. The second-order valence-electron chi connectivity index (χ2n) is 8.13. The van der Waals surface area contributed by atoms with E-state index in [0.29, 0.717) is 20.1 Å². The normalized spacial score (nSPS) is 36.0. The van der Waals surface area contributed by atoms with Crippen LogP contribution in [0.2, 0.25) is 0 Å². The van der Waals surface area contributed by atoms with Gasteiger partial charge >= 0.3 is 188 Å². The molecule has 1 saturated carbocycles. The van der Waals surface area contributed by atoms with Crippen molar-refractivity contribution in [3.05, 3.63) is 45.0 Å². The molecule has 2 aliphatic carbocycles. The number of methoxy groups -OCH3 is 1. The number of halogens is 2. The van der Waals surface area contributed by atoms with Crippen molar-refractivity contribution in [2.24, 2.45) is 11.8 Å². The summed E-state index contributed by atoms with van der Waals surface area (Å²) in [4.78, 5) is 0. The Morgan fingerprint density at radius 2 is 1.96 bits per heavy atom. The molecule has 0 saturated heterocycles. The molecule has 2 N–H and O–H groups in total. The predicted molar refractivity (Wildman–Crippen MR) is 119 cm³/mol. The van der Waals surface area contributed by atoms with Crippen LogP contribution >= 0.6 is 22.6 Å². The fraction of sp³-hybridized carbons (Fsp3) is 0.636. The molecule has 4 nitrogen and oxygen atoms in total. The van der Waals surface area contributed by atoms with Crippen LogP contribution in [0.15, 0.2) is 45.0 Å². The number of nitrogens with one attached hydrogen (secondary N) is 2. The quantitative estimate of drug-likeness (QED) is 0.284. The third-order valence-corrected chi connectivity index (χ3v) is 10.7. The second kappa shape index (κ2) is 9.29. The third kappa shape index (κ3) is 4.43. The number of ether oxygens (including phenoxy) is 1. The summed E-state index contributed by atoms with van der Waals surface area (Å²) in [6, 6.07) is 0.815. The first-order chi connectivity index (χ1) is 13.6. The summed E-state index contributed by atoms with van der Waals surface area (Å²) in [5, 5.41) is 6.26. The summed E-state index contributed by atoms with van der Waals surface area (Å²) < 4.78 is 7.89. The summed E-state index contributed by atoms with van der Waals surface area (Å²) in [7, 11) is 1.76. The van der Waals surface area contributed by atoms with Gasteiger partial charge in [-0.1, -0.05) is 0 Å². The van der Waals surface area contributed by atoms with E-state index in [1.54, 1.807) is 16.4 Å². The average Bonchev–Trinajstić information content (AvgIpc) is 3.31. The van der Waals surface area contributed by atoms with Crippen molar-refractivity contribution in [1.29, 1.82) is 0 Å². The topological polar surface area (TPSA) is 36.5 Å². The summed E-state index contributed by atoms with van der Waals surface area (Å²) in [6.45, 7) is 4.64. The molecule has 0 aromatic heterocycles. The summed E-state index contributed by atoms with van der Waals surface area (Å²) in [5.41, 5.74) is 6.91. The molecule has 4 aliphatic rings. The molecular weight excluding hydrogens is 576 g/mol. The van der Waals surface area contributed by atoms with Gasteiger partial charge in [-0.3, -0.25) is 0 Å². The molecule has 4 rings (SSSR count). The Morgan fingerprint density at radius 1 is 1.21 bits per heavy atom. The van der Waals surface area contributed by atoms with E-state index in [-0.39, 0.29) is 21.2 Å². The minimum absolute atomic E-state index is 0.198. The SMILES string of the molecule is CCC1C=C(C2CCC(C3=C(C)[I-]C(I)N3)CC2)N(C2C=C(OC)C=CC2)N1. The predicted octanol–water partition coefficient (Wildman–Crippen LogP) is 1.78. The zero-order chi connectivity index (χ0) is 19.7. The van der Waals surface area contributed by atoms with Crippen LogP contribution in [-0.4, -0.2) is 26.3 Å². The van der Waals surface area contributed by atoms with Gasteiger partial charge in [-0.05, 0) is 0 Å². The third-order valence-electron chi connectivity index (χ3n) is 6.43.